The van der Waals surface area contributed by atoms with Crippen molar-refractivity contribution in [3.05, 3.63) is 52.1 Å². The molecule has 0 radical (unpaired) electrons. The van der Waals surface area contributed by atoms with Crippen molar-refractivity contribution in [1.29, 1.82) is 0 Å². The second kappa shape index (κ2) is 6.01. The van der Waals surface area contributed by atoms with Gasteiger partial charge >= 0.3 is 5.69 Å². The van der Waals surface area contributed by atoms with Gasteiger partial charge in [0.2, 0.25) is 11.6 Å². The molecule has 20 heavy (non-hydrogen) atoms. The van der Waals surface area contributed by atoms with E-state index in [1.165, 1.54) is 6.07 Å². The van der Waals surface area contributed by atoms with E-state index in [0.29, 0.717) is 11.7 Å². The van der Waals surface area contributed by atoms with Crippen LogP contribution in [0.25, 0.3) is 0 Å². The summed E-state index contributed by atoms with van der Waals surface area (Å²) in [6.45, 7) is 1.94. The van der Waals surface area contributed by atoms with Gasteiger partial charge in [-0.25, -0.2) is 0 Å². The number of nitrogens with one attached hydrogen (secondary N) is 1. The van der Waals surface area contributed by atoms with E-state index < -0.39 is 4.92 Å². The fourth-order valence-electron chi connectivity index (χ4n) is 1.74. The molecule has 1 heterocycles. The number of hydrogen-bond acceptors (Lipinski definition) is 5. The van der Waals surface area contributed by atoms with E-state index in [1.807, 2.05) is 13.0 Å². The average molecular weight is 273 g/mol. The summed E-state index contributed by atoms with van der Waals surface area (Å²) >= 11 is 0. The quantitative estimate of drug-likeness (QED) is 0.667. The first-order valence-electron chi connectivity index (χ1n) is 6.24. The average Bonchev–Trinajstić information content (AvgIpc) is 2.47. The molecule has 0 aliphatic carbocycles. The molecule has 2 aromatic rings. The summed E-state index contributed by atoms with van der Waals surface area (Å²) in [6.07, 6.45) is 0.731. The Morgan fingerprint density at radius 2 is 2.15 bits per heavy atom. The molecule has 6 heteroatoms. The van der Waals surface area contributed by atoms with Crippen LogP contribution in [-0.4, -0.2) is 17.0 Å². The number of aryl methyl sites for hydroxylation is 1. The van der Waals surface area contributed by atoms with Crippen LogP contribution in [0.2, 0.25) is 0 Å². The molecule has 0 aliphatic heterocycles. The molecule has 0 atom stereocenters. The van der Waals surface area contributed by atoms with Crippen LogP contribution in [0.1, 0.15) is 12.5 Å². The molecule has 2 rings (SSSR count). The molecule has 1 N–H and O–H groups in total. The molecular formula is C14H15N3O3. The summed E-state index contributed by atoms with van der Waals surface area (Å²) in [5.74, 6) is 1.13. The van der Waals surface area contributed by atoms with E-state index in [0.717, 1.165) is 12.0 Å². The first kappa shape index (κ1) is 13.8. The van der Waals surface area contributed by atoms with Crippen molar-refractivity contribution in [3.63, 3.8) is 0 Å². The van der Waals surface area contributed by atoms with E-state index in [2.05, 4.69) is 10.3 Å². The number of hydrogen-bond donors (Lipinski definition) is 1. The third-order valence-corrected chi connectivity index (χ3v) is 2.82. The van der Waals surface area contributed by atoms with Gasteiger partial charge in [0, 0.05) is 19.2 Å². The molecule has 0 unspecified atom stereocenters. The maximum atomic E-state index is 11.1. The molecule has 104 valence electrons. The van der Waals surface area contributed by atoms with Crippen molar-refractivity contribution in [1.82, 2.24) is 4.98 Å². The standard InChI is InChI=1S/C14H15N3O3/c1-3-10-7-8-12(11(9-10)17(18)19)20-14-6-4-5-13(15-2)16-14/h4-9H,3H2,1-2H3,(H,15,16). The van der Waals surface area contributed by atoms with E-state index in [1.54, 1.807) is 31.3 Å². The Kier molecular flexibility index (Phi) is 4.14. The van der Waals surface area contributed by atoms with Crippen LogP contribution in [0.5, 0.6) is 11.6 Å². The van der Waals surface area contributed by atoms with E-state index in [4.69, 9.17) is 4.74 Å². The molecule has 6 nitrogen and oxygen atoms in total. The lowest BCUT2D eigenvalue weighted by atomic mass is 10.1. The summed E-state index contributed by atoms with van der Waals surface area (Å²) in [5, 5.41) is 14.0. The van der Waals surface area contributed by atoms with Gasteiger partial charge in [0.25, 0.3) is 0 Å². The monoisotopic (exact) mass is 273 g/mol. The van der Waals surface area contributed by atoms with E-state index in [9.17, 15) is 10.1 Å². The second-order valence-corrected chi connectivity index (χ2v) is 4.13. The Bertz CT molecular complexity index is 629. The number of aromatic nitrogens is 1. The third kappa shape index (κ3) is 3.03. The molecule has 0 saturated heterocycles. The normalized spacial score (nSPS) is 10.1. The van der Waals surface area contributed by atoms with Gasteiger partial charge in [-0.05, 0) is 24.1 Å². The zero-order chi connectivity index (χ0) is 14.5. The van der Waals surface area contributed by atoms with Crippen molar-refractivity contribution in [2.75, 3.05) is 12.4 Å². The summed E-state index contributed by atoms with van der Waals surface area (Å²) in [6, 6.07) is 10.1. The van der Waals surface area contributed by atoms with E-state index >= 15 is 0 Å². The summed E-state index contributed by atoms with van der Waals surface area (Å²) in [7, 11) is 1.74. The van der Waals surface area contributed by atoms with Gasteiger partial charge in [0.15, 0.2) is 0 Å². The second-order valence-electron chi connectivity index (χ2n) is 4.13. The van der Waals surface area contributed by atoms with Crippen LogP contribution < -0.4 is 10.1 Å². The predicted molar refractivity (Wildman–Crippen MR) is 76.3 cm³/mol. The zero-order valence-corrected chi connectivity index (χ0v) is 11.3. The molecule has 1 aromatic carbocycles. The Labute approximate surface area is 116 Å². The topological polar surface area (TPSA) is 77.3 Å². The Balaban J connectivity index is 2.34. The zero-order valence-electron chi connectivity index (χ0n) is 11.3. The summed E-state index contributed by atoms with van der Waals surface area (Å²) in [4.78, 5) is 14.8. The highest BCUT2D eigenvalue weighted by molar-refractivity contribution is 5.50. The van der Waals surface area contributed by atoms with E-state index in [-0.39, 0.29) is 11.4 Å². The maximum Gasteiger partial charge on any atom is 0.311 e. The summed E-state index contributed by atoms with van der Waals surface area (Å²) < 4.78 is 5.52. The fourth-order valence-corrected chi connectivity index (χ4v) is 1.74. The molecule has 0 aliphatic rings. The van der Waals surface area contributed by atoms with Crippen LogP contribution >= 0.6 is 0 Å². The van der Waals surface area contributed by atoms with Gasteiger partial charge in [-0.2, -0.15) is 4.98 Å². The Morgan fingerprint density at radius 1 is 1.35 bits per heavy atom. The van der Waals surface area contributed by atoms with Crippen LogP contribution in [0, 0.1) is 10.1 Å². The molecular weight excluding hydrogens is 258 g/mol. The minimum Gasteiger partial charge on any atom is -0.432 e. The highest BCUT2D eigenvalue weighted by Crippen LogP contribution is 2.31. The number of nitro groups is 1. The van der Waals surface area contributed by atoms with Gasteiger partial charge in [-0.1, -0.05) is 19.1 Å². The van der Waals surface area contributed by atoms with Crippen molar-refractivity contribution in [2.24, 2.45) is 0 Å². The van der Waals surface area contributed by atoms with Gasteiger partial charge in [-0.15, -0.1) is 0 Å². The lowest BCUT2D eigenvalue weighted by molar-refractivity contribution is -0.385. The number of benzene rings is 1. The number of pyridine rings is 1. The first-order valence-corrected chi connectivity index (χ1v) is 6.24. The lowest BCUT2D eigenvalue weighted by Gasteiger charge is -2.07. The first-order chi connectivity index (χ1) is 9.63. The maximum absolute atomic E-state index is 11.1. The molecule has 0 fully saturated rings. The largest absolute Gasteiger partial charge is 0.432 e. The van der Waals surface area contributed by atoms with Crippen LogP contribution in [0.3, 0.4) is 0 Å². The number of ether oxygens (including phenoxy) is 1. The third-order valence-electron chi connectivity index (χ3n) is 2.82. The summed E-state index contributed by atoms with van der Waals surface area (Å²) in [5.41, 5.74) is 0.835. The molecule has 0 spiro atoms. The number of nitrogens with zero attached hydrogens (tertiary/aromatic N) is 2. The predicted octanol–water partition coefficient (Wildman–Crippen LogP) is 3.39. The molecule has 0 bridgehead atoms. The minimum atomic E-state index is -0.448. The molecule has 0 amide bonds. The van der Waals surface area contributed by atoms with Crippen LogP contribution in [0.15, 0.2) is 36.4 Å². The van der Waals surface area contributed by atoms with Crippen LogP contribution in [0.4, 0.5) is 11.5 Å². The van der Waals surface area contributed by atoms with Crippen molar-refractivity contribution in [2.45, 2.75) is 13.3 Å². The van der Waals surface area contributed by atoms with Crippen LogP contribution in [-0.2, 0) is 6.42 Å². The van der Waals surface area contributed by atoms with Crippen molar-refractivity contribution in [3.8, 4) is 11.6 Å². The van der Waals surface area contributed by atoms with Gasteiger partial charge in [0.05, 0.1) is 4.92 Å². The van der Waals surface area contributed by atoms with Crippen molar-refractivity contribution < 1.29 is 9.66 Å². The number of rotatable bonds is 5. The fraction of sp³-hybridized carbons (Fsp3) is 0.214. The SMILES string of the molecule is CCc1ccc(Oc2cccc(NC)n2)c([N+](=O)[O-])c1. The molecule has 0 saturated carbocycles. The van der Waals surface area contributed by atoms with Gasteiger partial charge in [0.1, 0.15) is 5.82 Å². The highest BCUT2D eigenvalue weighted by atomic mass is 16.6. The lowest BCUT2D eigenvalue weighted by Crippen LogP contribution is -1.97. The van der Waals surface area contributed by atoms with Gasteiger partial charge in [-0.3, -0.25) is 10.1 Å². The number of anilines is 1. The van der Waals surface area contributed by atoms with Crippen molar-refractivity contribution >= 4 is 11.5 Å². The Morgan fingerprint density at radius 3 is 2.80 bits per heavy atom. The highest BCUT2D eigenvalue weighted by Gasteiger charge is 2.16. The molecule has 1 aromatic heterocycles. The minimum absolute atomic E-state index is 0.0546. The smallest absolute Gasteiger partial charge is 0.311 e. The number of nitro benzene ring substituents is 1. The van der Waals surface area contributed by atoms with Gasteiger partial charge < -0.3 is 10.1 Å². The Hall–Kier alpha value is -2.63.